The van der Waals surface area contributed by atoms with Crippen molar-refractivity contribution in [3.05, 3.63) is 81.9 Å². The summed E-state index contributed by atoms with van der Waals surface area (Å²) in [6.07, 6.45) is 1.77. The van der Waals surface area contributed by atoms with Crippen molar-refractivity contribution >= 4 is 35.0 Å². The molecule has 0 unspecified atom stereocenters. The minimum Gasteiger partial charge on any atom is -0.368 e. The number of anilines is 3. The molecule has 3 heterocycles. The summed E-state index contributed by atoms with van der Waals surface area (Å²) >= 11 is 1.51. The third-order valence-electron chi connectivity index (χ3n) is 4.14. The molecule has 30 heavy (non-hydrogen) atoms. The molecule has 0 amide bonds. The van der Waals surface area contributed by atoms with Crippen molar-refractivity contribution in [3.8, 4) is 0 Å². The van der Waals surface area contributed by atoms with E-state index in [1.54, 1.807) is 18.3 Å². The van der Waals surface area contributed by atoms with Crippen molar-refractivity contribution < 1.29 is 4.39 Å². The van der Waals surface area contributed by atoms with Gasteiger partial charge in [0.2, 0.25) is 11.9 Å². The minimum absolute atomic E-state index is 0.0858. The number of aromatic nitrogens is 5. The second-order valence-electron chi connectivity index (χ2n) is 6.58. The van der Waals surface area contributed by atoms with Gasteiger partial charge in [-0.25, -0.2) is 9.37 Å². The van der Waals surface area contributed by atoms with E-state index in [1.165, 1.54) is 34.4 Å². The normalized spacial score (nSPS) is 11.0. The Labute approximate surface area is 175 Å². The second-order valence-corrected chi connectivity index (χ2v) is 7.56. The Kier molecular flexibility index (Phi) is 5.57. The van der Waals surface area contributed by atoms with Gasteiger partial charge in [-0.2, -0.15) is 15.0 Å². The molecule has 10 heteroatoms. The molecule has 152 valence electrons. The number of halogens is 1. The number of nitrogens with one attached hydrogen (secondary N) is 1. The Morgan fingerprint density at radius 1 is 1.07 bits per heavy atom. The molecule has 0 aliphatic carbocycles. The van der Waals surface area contributed by atoms with E-state index in [1.807, 2.05) is 19.1 Å². The molecule has 3 aromatic heterocycles. The Morgan fingerprint density at radius 2 is 1.87 bits per heavy atom. The van der Waals surface area contributed by atoms with Crippen LogP contribution in [0.3, 0.4) is 0 Å². The molecular formula is C20H18FN7OS. The highest BCUT2D eigenvalue weighted by Gasteiger charge is 2.08. The highest BCUT2D eigenvalue weighted by molar-refractivity contribution is 7.97. The molecule has 0 aliphatic heterocycles. The van der Waals surface area contributed by atoms with E-state index in [9.17, 15) is 9.18 Å². The number of thioether (sulfide) groups is 1. The van der Waals surface area contributed by atoms with E-state index in [4.69, 9.17) is 5.73 Å². The first-order valence-corrected chi connectivity index (χ1v) is 10.2. The van der Waals surface area contributed by atoms with Crippen molar-refractivity contribution in [3.63, 3.8) is 0 Å². The van der Waals surface area contributed by atoms with Gasteiger partial charge in [0.15, 0.2) is 0 Å². The summed E-state index contributed by atoms with van der Waals surface area (Å²) in [7, 11) is 0. The molecule has 0 radical (unpaired) electrons. The topological polar surface area (TPSA) is 111 Å². The standard InChI is InChI=1S/C20H18FN7OS/c1-12-2-7-17-23-15(8-18(29)28(17)9-12)10-30-11-16-25-19(22)27-20(26-16)24-14-5-3-13(21)4-6-14/h2-9H,10-11H2,1H3,(H3,22,24,25,26,27). The van der Waals surface area contributed by atoms with E-state index in [0.717, 1.165) is 5.56 Å². The molecular weight excluding hydrogens is 405 g/mol. The van der Waals surface area contributed by atoms with E-state index in [-0.39, 0.29) is 23.3 Å². The average molecular weight is 423 g/mol. The van der Waals surface area contributed by atoms with Crippen molar-refractivity contribution in [2.75, 3.05) is 11.1 Å². The summed E-state index contributed by atoms with van der Waals surface area (Å²) in [6.45, 7) is 1.93. The first-order chi connectivity index (χ1) is 14.5. The number of pyridine rings is 1. The maximum atomic E-state index is 13.0. The molecule has 8 nitrogen and oxygen atoms in total. The number of hydrogen-bond donors (Lipinski definition) is 2. The number of rotatable bonds is 6. The maximum Gasteiger partial charge on any atom is 0.258 e. The summed E-state index contributed by atoms with van der Waals surface area (Å²) in [5.74, 6) is 1.51. The van der Waals surface area contributed by atoms with Crippen molar-refractivity contribution in [2.45, 2.75) is 18.4 Å². The van der Waals surface area contributed by atoms with Crippen LogP contribution >= 0.6 is 11.8 Å². The van der Waals surface area contributed by atoms with Gasteiger partial charge in [-0.3, -0.25) is 9.20 Å². The fourth-order valence-electron chi connectivity index (χ4n) is 2.80. The van der Waals surface area contributed by atoms with Crippen LogP contribution in [0.4, 0.5) is 22.0 Å². The van der Waals surface area contributed by atoms with Gasteiger partial charge < -0.3 is 11.1 Å². The Hall–Kier alpha value is -3.53. The van der Waals surface area contributed by atoms with Gasteiger partial charge in [0, 0.05) is 23.7 Å². The number of nitrogens with two attached hydrogens (primary N) is 1. The van der Waals surface area contributed by atoms with Crippen LogP contribution in [-0.4, -0.2) is 24.3 Å². The molecule has 0 fully saturated rings. The zero-order valence-electron chi connectivity index (χ0n) is 16.0. The van der Waals surface area contributed by atoms with Crippen molar-refractivity contribution in [1.29, 1.82) is 0 Å². The van der Waals surface area contributed by atoms with Crippen LogP contribution in [0.25, 0.3) is 5.65 Å². The third kappa shape index (κ3) is 4.71. The number of hydrogen-bond acceptors (Lipinski definition) is 8. The van der Waals surface area contributed by atoms with Gasteiger partial charge in [-0.1, -0.05) is 6.07 Å². The molecule has 3 N–H and O–H groups in total. The third-order valence-corrected chi connectivity index (χ3v) is 5.10. The van der Waals surface area contributed by atoms with Crippen molar-refractivity contribution in [1.82, 2.24) is 24.3 Å². The van der Waals surface area contributed by atoms with Gasteiger partial charge >= 0.3 is 0 Å². The number of aryl methyl sites for hydroxylation is 1. The molecule has 0 bridgehead atoms. The van der Waals surface area contributed by atoms with Crippen LogP contribution in [0.2, 0.25) is 0 Å². The maximum absolute atomic E-state index is 13.0. The van der Waals surface area contributed by atoms with Gasteiger partial charge in [-0.05, 0) is 42.8 Å². The lowest BCUT2D eigenvalue weighted by molar-refractivity contribution is 0.628. The molecule has 0 saturated carbocycles. The molecule has 4 rings (SSSR count). The SMILES string of the molecule is Cc1ccc2nc(CSCc3nc(N)nc(Nc4ccc(F)cc4)n3)cc(=O)n2c1. The lowest BCUT2D eigenvalue weighted by Crippen LogP contribution is -2.15. The molecule has 0 spiro atoms. The van der Waals surface area contributed by atoms with Crippen LogP contribution in [0.1, 0.15) is 17.1 Å². The number of nitrogens with zero attached hydrogens (tertiary/aromatic N) is 5. The van der Waals surface area contributed by atoms with Crippen LogP contribution in [-0.2, 0) is 11.5 Å². The van der Waals surface area contributed by atoms with Crippen LogP contribution < -0.4 is 16.6 Å². The van der Waals surface area contributed by atoms with E-state index in [2.05, 4.69) is 25.3 Å². The van der Waals surface area contributed by atoms with E-state index >= 15 is 0 Å². The molecule has 0 aliphatic rings. The minimum atomic E-state index is -0.329. The largest absolute Gasteiger partial charge is 0.368 e. The fraction of sp³-hybridized carbons (Fsp3) is 0.150. The number of benzene rings is 1. The quantitative estimate of drug-likeness (QED) is 0.487. The van der Waals surface area contributed by atoms with Crippen LogP contribution in [0, 0.1) is 12.7 Å². The predicted octanol–water partition coefficient (Wildman–Crippen LogP) is 3.09. The molecule has 1 aromatic carbocycles. The van der Waals surface area contributed by atoms with Crippen LogP contribution in [0.5, 0.6) is 0 Å². The fourth-order valence-corrected chi connectivity index (χ4v) is 3.57. The van der Waals surface area contributed by atoms with Crippen LogP contribution in [0.15, 0.2) is 53.5 Å². The Bertz CT molecular complexity index is 1260. The second kappa shape index (κ2) is 8.46. The highest BCUT2D eigenvalue weighted by Crippen LogP contribution is 2.18. The monoisotopic (exact) mass is 423 g/mol. The van der Waals surface area contributed by atoms with Gasteiger partial charge in [0.1, 0.15) is 17.3 Å². The number of nitrogen functional groups attached to an aromatic ring is 1. The summed E-state index contributed by atoms with van der Waals surface area (Å²) in [5.41, 5.74) is 8.59. The van der Waals surface area contributed by atoms with Gasteiger partial charge in [0.05, 0.1) is 11.4 Å². The van der Waals surface area contributed by atoms with E-state index < -0.39 is 0 Å². The lowest BCUT2D eigenvalue weighted by atomic mass is 10.3. The summed E-state index contributed by atoms with van der Waals surface area (Å²) in [6, 6.07) is 11.1. The summed E-state index contributed by atoms with van der Waals surface area (Å²) < 4.78 is 14.6. The van der Waals surface area contributed by atoms with E-state index in [0.29, 0.717) is 34.4 Å². The zero-order chi connectivity index (χ0) is 21.1. The number of fused-ring (bicyclic) bond motifs is 1. The predicted molar refractivity (Wildman–Crippen MR) is 115 cm³/mol. The zero-order valence-corrected chi connectivity index (χ0v) is 16.9. The first kappa shape index (κ1) is 19.8. The average Bonchev–Trinajstić information content (AvgIpc) is 2.70. The van der Waals surface area contributed by atoms with Gasteiger partial charge in [0.25, 0.3) is 5.56 Å². The van der Waals surface area contributed by atoms with Crippen molar-refractivity contribution in [2.24, 2.45) is 0 Å². The van der Waals surface area contributed by atoms with Gasteiger partial charge in [-0.15, -0.1) is 11.8 Å². The smallest absolute Gasteiger partial charge is 0.258 e. The lowest BCUT2D eigenvalue weighted by Gasteiger charge is -2.08. The highest BCUT2D eigenvalue weighted by atomic mass is 32.2. The Balaban J connectivity index is 1.44. The molecule has 0 atom stereocenters. The summed E-state index contributed by atoms with van der Waals surface area (Å²) in [5, 5.41) is 2.98. The summed E-state index contributed by atoms with van der Waals surface area (Å²) in [4.78, 5) is 29.4. The molecule has 4 aromatic rings. The Morgan fingerprint density at radius 3 is 2.67 bits per heavy atom. The molecule has 0 saturated heterocycles. The first-order valence-electron chi connectivity index (χ1n) is 9.06.